The van der Waals surface area contributed by atoms with Gasteiger partial charge in [-0.25, -0.2) is 9.97 Å². The first-order valence-corrected chi connectivity index (χ1v) is 10.3. The number of carbonyl (C=O) groups excluding carboxylic acids is 1. The molecule has 2 aromatic heterocycles. The van der Waals surface area contributed by atoms with Crippen LogP contribution in [0.5, 0.6) is 0 Å². The molecule has 2 heterocycles. The standard InChI is InChI=1S/C24H15Cl2N3O2/c25-17-5-2-6-18(26)23(17)24-28-19-8-7-15(11-20(19)29-24)21(30)10-14-3-1-4-16(9-14)22-12-27-13-31-22/h1-9,11-13H,10H2,(H,28,29). The van der Waals surface area contributed by atoms with Crippen molar-refractivity contribution in [2.24, 2.45) is 0 Å². The van der Waals surface area contributed by atoms with Crippen molar-refractivity contribution in [1.29, 1.82) is 0 Å². The smallest absolute Gasteiger partial charge is 0.181 e. The summed E-state index contributed by atoms with van der Waals surface area (Å²) in [7, 11) is 0. The van der Waals surface area contributed by atoms with Crippen molar-refractivity contribution in [3.05, 3.63) is 94.4 Å². The molecular formula is C24H15Cl2N3O2. The van der Waals surface area contributed by atoms with Gasteiger partial charge in [-0.1, -0.05) is 47.5 Å². The molecule has 0 spiro atoms. The largest absolute Gasteiger partial charge is 0.444 e. The molecule has 3 aromatic carbocycles. The van der Waals surface area contributed by atoms with Crippen LogP contribution in [-0.4, -0.2) is 20.7 Å². The van der Waals surface area contributed by atoms with Crippen molar-refractivity contribution in [3.8, 4) is 22.7 Å². The number of hydrogen-bond acceptors (Lipinski definition) is 4. The summed E-state index contributed by atoms with van der Waals surface area (Å²) in [6, 6.07) is 18.4. The summed E-state index contributed by atoms with van der Waals surface area (Å²) in [5, 5.41) is 1.02. The van der Waals surface area contributed by atoms with Crippen LogP contribution in [0.25, 0.3) is 33.7 Å². The number of nitrogens with one attached hydrogen (secondary N) is 1. The van der Waals surface area contributed by atoms with E-state index >= 15 is 0 Å². The summed E-state index contributed by atoms with van der Waals surface area (Å²) in [5.74, 6) is 1.23. The van der Waals surface area contributed by atoms with Crippen LogP contribution in [0.15, 0.2) is 77.7 Å². The van der Waals surface area contributed by atoms with E-state index in [0.29, 0.717) is 32.8 Å². The maximum atomic E-state index is 12.9. The van der Waals surface area contributed by atoms with Gasteiger partial charge in [0.2, 0.25) is 0 Å². The van der Waals surface area contributed by atoms with Crippen LogP contribution in [0, 0.1) is 0 Å². The molecule has 0 bridgehead atoms. The minimum atomic E-state index is 0.00328. The zero-order chi connectivity index (χ0) is 21.4. The molecule has 5 aromatic rings. The number of Topliss-reactive ketones (excluding diaryl/α,β-unsaturated/α-hetero) is 1. The Hall–Kier alpha value is -3.41. The molecule has 5 rings (SSSR count). The molecule has 0 saturated heterocycles. The van der Waals surface area contributed by atoms with Gasteiger partial charge in [-0.2, -0.15) is 0 Å². The highest BCUT2D eigenvalue weighted by Crippen LogP contribution is 2.34. The number of aromatic amines is 1. The van der Waals surface area contributed by atoms with Crippen molar-refractivity contribution >= 4 is 40.0 Å². The van der Waals surface area contributed by atoms with Crippen LogP contribution in [-0.2, 0) is 6.42 Å². The number of ketones is 1. The molecule has 1 N–H and O–H groups in total. The molecule has 0 atom stereocenters. The van der Waals surface area contributed by atoms with Gasteiger partial charge in [0.05, 0.1) is 32.8 Å². The fraction of sp³-hybridized carbons (Fsp3) is 0.0417. The predicted octanol–water partition coefficient (Wildman–Crippen LogP) is 6.62. The van der Waals surface area contributed by atoms with Crippen molar-refractivity contribution in [1.82, 2.24) is 15.0 Å². The SMILES string of the molecule is O=C(Cc1cccc(-c2cnco2)c1)c1ccc2nc(-c3c(Cl)cccc3Cl)[nH]c2c1. The van der Waals surface area contributed by atoms with E-state index in [1.165, 1.54) is 6.39 Å². The number of fused-ring (bicyclic) bond motifs is 1. The monoisotopic (exact) mass is 447 g/mol. The van der Waals surface area contributed by atoms with Crippen molar-refractivity contribution in [3.63, 3.8) is 0 Å². The van der Waals surface area contributed by atoms with Crippen molar-refractivity contribution < 1.29 is 9.21 Å². The number of H-pyrrole nitrogens is 1. The van der Waals surface area contributed by atoms with Crippen LogP contribution >= 0.6 is 23.2 Å². The lowest BCUT2D eigenvalue weighted by Crippen LogP contribution is -2.03. The molecule has 7 heteroatoms. The second kappa shape index (κ2) is 8.02. The highest BCUT2D eigenvalue weighted by molar-refractivity contribution is 6.39. The number of hydrogen-bond donors (Lipinski definition) is 1. The van der Waals surface area contributed by atoms with E-state index in [1.54, 1.807) is 36.5 Å². The summed E-state index contributed by atoms with van der Waals surface area (Å²) < 4.78 is 5.34. The maximum Gasteiger partial charge on any atom is 0.181 e. The summed E-state index contributed by atoms with van der Waals surface area (Å²) in [5.41, 5.74) is 4.49. The number of rotatable bonds is 5. The normalized spacial score (nSPS) is 11.2. The van der Waals surface area contributed by atoms with Gasteiger partial charge >= 0.3 is 0 Å². The van der Waals surface area contributed by atoms with Gasteiger partial charge in [0, 0.05) is 17.5 Å². The Morgan fingerprint density at radius 2 is 1.81 bits per heavy atom. The third-order valence-electron chi connectivity index (χ3n) is 5.01. The van der Waals surface area contributed by atoms with E-state index in [0.717, 1.165) is 22.2 Å². The second-order valence-electron chi connectivity index (χ2n) is 7.08. The number of nitrogens with zero attached hydrogens (tertiary/aromatic N) is 2. The summed E-state index contributed by atoms with van der Waals surface area (Å²) in [6.45, 7) is 0. The minimum Gasteiger partial charge on any atom is -0.444 e. The summed E-state index contributed by atoms with van der Waals surface area (Å²) in [6.07, 6.45) is 3.30. The maximum absolute atomic E-state index is 12.9. The van der Waals surface area contributed by atoms with Crippen LogP contribution in [0.2, 0.25) is 10.0 Å². The number of imidazole rings is 1. The lowest BCUT2D eigenvalue weighted by Gasteiger charge is -2.04. The summed E-state index contributed by atoms with van der Waals surface area (Å²) in [4.78, 5) is 24.7. The summed E-state index contributed by atoms with van der Waals surface area (Å²) >= 11 is 12.6. The van der Waals surface area contributed by atoms with Gasteiger partial charge in [0.25, 0.3) is 0 Å². The van der Waals surface area contributed by atoms with E-state index in [2.05, 4.69) is 15.0 Å². The van der Waals surface area contributed by atoms with Gasteiger partial charge in [-0.3, -0.25) is 4.79 Å². The van der Waals surface area contributed by atoms with Crippen LogP contribution in [0.4, 0.5) is 0 Å². The first-order chi connectivity index (χ1) is 15.1. The minimum absolute atomic E-state index is 0.00328. The van der Waals surface area contributed by atoms with Crippen LogP contribution in [0.1, 0.15) is 15.9 Å². The number of carbonyl (C=O) groups is 1. The van der Waals surface area contributed by atoms with Crippen LogP contribution in [0.3, 0.4) is 0 Å². The average molecular weight is 448 g/mol. The van der Waals surface area contributed by atoms with E-state index < -0.39 is 0 Å². The second-order valence-corrected chi connectivity index (χ2v) is 7.89. The van der Waals surface area contributed by atoms with Gasteiger partial charge in [0.15, 0.2) is 17.9 Å². The molecule has 152 valence electrons. The van der Waals surface area contributed by atoms with Gasteiger partial charge in [-0.05, 0) is 42.0 Å². The number of oxazole rings is 1. The highest BCUT2D eigenvalue weighted by Gasteiger charge is 2.15. The fourth-order valence-electron chi connectivity index (χ4n) is 3.51. The molecule has 0 aliphatic rings. The lowest BCUT2D eigenvalue weighted by atomic mass is 10.0. The zero-order valence-electron chi connectivity index (χ0n) is 16.1. The van der Waals surface area contributed by atoms with Crippen LogP contribution < -0.4 is 0 Å². The van der Waals surface area contributed by atoms with Gasteiger partial charge < -0.3 is 9.40 Å². The molecule has 0 amide bonds. The molecule has 31 heavy (non-hydrogen) atoms. The Balaban J connectivity index is 1.43. The third kappa shape index (κ3) is 3.85. The number of aromatic nitrogens is 3. The molecule has 0 unspecified atom stereocenters. The Labute approximate surface area is 187 Å². The first-order valence-electron chi connectivity index (χ1n) is 9.53. The van der Waals surface area contributed by atoms with Gasteiger partial charge in [0.1, 0.15) is 5.82 Å². The molecule has 0 saturated carbocycles. The Bertz CT molecular complexity index is 1390. The zero-order valence-corrected chi connectivity index (χ0v) is 17.6. The van der Waals surface area contributed by atoms with E-state index in [9.17, 15) is 4.79 Å². The third-order valence-corrected chi connectivity index (χ3v) is 5.64. The van der Waals surface area contributed by atoms with Gasteiger partial charge in [-0.15, -0.1) is 0 Å². The highest BCUT2D eigenvalue weighted by atomic mass is 35.5. The molecule has 0 aliphatic heterocycles. The molecular weight excluding hydrogens is 433 g/mol. The number of halogens is 2. The Kier molecular flexibility index (Phi) is 5.06. The first kappa shape index (κ1) is 19.5. The topological polar surface area (TPSA) is 71.8 Å². The average Bonchev–Trinajstić information content (AvgIpc) is 3.43. The van der Waals surface area contributed by atoms with Crippen molar-refractivity contribution in [2.75, 3.05) is 0 Å². The van der Waals surface area contributed by atoms with E-state index in [1.807, 2.05) is 30.3 Å². The lowest BCUT2D eigenvalue weighted by molar-refractivity contribution is 0.0993. The quantitative estimate of drug-likeness (QED) is 0.307. The molecule has 0 aliphatic carbocycles. The predicted molar refractivity (Wildman–Crippen MR) is 122 cm³/mol. The Morgan fingerprint density at radius 3 is 2.58 bits per heavy atom. The Morgan fingerprint density at radius 1 is 1.00 bits per heavy atom. The molecule has 0 radical (unpaired) electrons. The fourth-order valence-corrected chi connectivity index (χ4v) is 4.08. The number of benzene rings is 3. The van der Waals surface area contributed by atoms with E-state index in [4.69, 9.17) is 27.6 Å². The van der Waals surface area contributed by atoms with Crippen molar-refractivity contribution in [2.45, 2.75) is 6.42 Å². The molecule has 5 nitrogen and oxygen atoms in total. The molecule has 0 fully saturated rings. The van der Waals surface area contributed by atoms with E-state index in [-0.39, 0.29) is 12.2 Å².